The SMILES string of the molecule is COc1ccc(C=NNc2nc(-c3ccc(S(=O)(=O)N4CCOCC4)cc3)cs2)cc1OC. The molecule has 2 aromatic carbocycles. The quantitative estimate of drug-likeness (QED) is 0.383. The number of morpholine rings is 1. The maximum absolute atomic E-state index is 12.8. The summed E-state index contributed by atoms with van der Waals surface area (Å²) in [6.45, 7) is 1.57. The summed E-state index contributed by atoms with van der Waals surface area (Å²) < 4.78 is 42.8. The van der Waals surface area contributed by atoms with Gasteiger partial charge in [0.05, 0.1) is 44.2 Å². The van der Waals surface area contributed by atoms with Crippen LogP contribution in [0, 0.1) is 0 Å². The molecule has 1 aromatic heterocycles. The lowest BCUT2D eigenvalue weighted by molar-refractivity contribution is 0.0730. The van der Waals surface area contributed by atoms with E-state index >= 15 is 0 Å². The lowest BCUT2D eigenvalue weighted by Gasteiger charge is -2.26. The van der Waals surface area contributed by atoms with Crippen molar-refractivity contribution in [1.82, 2.24) is 9.29 Å². The van der Waals surface area contributed by atoms with E-state index in [4.69, 9.17) is 14.2 Å². The van der Waals surface area contributed by atoms with Crippen molar-refractivity contribution in [2.45, 2.75) is 4.90 Å². The fourth-order valence-corrected chi connectivity index (χ4v) is 5.36. The summed E-state index contributed by atoms with van der Waals surface area (Å²) in [6.07, 6.45) is 1.66. The lowest BCUT2D eigenvalue weighted by atomic mass is 10.2. The van der Waals surface area contributed by atoms with E-state index in [1.54, 1.807) is 44.7 Å². The van der Waals surface area contributed by atoms with Gasteiger partial charge in [-0.15, -0.1) is 11.3 Å². The molecule has 2 heterocycles. The number of anilines is 1. The van der Waals surface area contributed by atoms with Crippen LogP contribution >= 0.6 is 11.3 Å². The number of nitrogens with zero attached hydrogens (tertiary/aromatic N) is 3. The highest BCUT2D eigenvalue weighted by atomic mass is 32.2. The van der Waals surface area contributed by atoms with Gasteiger partial charge in [-0.1, -0.05) is 12.1 Å². The Labute approximate surface area is 196 Å². The molecule has 1 saturated heterocycles. The fourth-order valence-electron chi connectivity index (χ4n) is 3.29. The summed E-state index contributed by atoms with van der Waals surface area (Å²) in [5, 5.41) is 6.74. The average Bonchev–Trinajstić information content (AvgIpc) is 3.33. The first-order valence-corrected chi connectivity index (χ1v) is 12.5. The maximum Gasteiger partial charge on any atom is 0.243 e. The summed E-state index contributed by atoms with van der Waals surface area (Å²) in [5.74, 6) is 1.27. The van der Waals surface area contributed by atoms with Crippen LogP contribution in [-0.4, -0.2) is 64.4 Å². The van der Waals surface area contributed by atoms with Crippen molar-refractivity contribution in [1.29, 1.82) is 0 Å². The number of thiazole rings is 1. The number of hydrogen-bond donors (Lipinski definition) is 1. The lowest BCUT2D eigenvalue weighted by Crippen LogP contribution is -2.40. The largest absolute Gasteiger partial charge is 0.493 e. The van der Waals surface area contributed by atoms with Crippen LogP contribution in [0.3, 0.4) is 0 Å². The van der Waals surface area contributed by atoms with Gasteiger partial charge in [-0.25, -0.2) is 13.4 Å². The van der Waals surface area contributed by atoms with E-state index in [1.807, 2.05) is 23.6 Å². The van der Waals surface area contributed by atoms with E-state index in [9.17, 15) is 8.42 Å². The predicted octanol–water partition coefficient (Wildman–Crippen LogP) is 3.29. The number of benzene rings is 2. The van der Waals surface area contributed by atoms with Crippen molar-refractivity contribution in [3.8, 4) is 22.8 Å². The van der Waals surface area contributed by atoms with Crippen LogP contribution in [0.5, 0.6) is 11.5 Å². The van der Waals surface area contributed by atoms with Crippen LogP contribution < -0.4 is 14.9 Å². The van der Waals surface area contributed by atoms with Gasteiger partial charge in [0.25, 0.3) is 0 Å². The van der Waals surface area contributed by atoms with Gasteiger partial charge in [-0.05, 0) is 35.9 Å². The molecule has 0 atom stereocenters. The molecule has 0 bridgehead atoms. The molecule has 1 aliphatic rings. The van der Waals surface area contributed by atoms with Gasteiger partial charge in [0.15, 0.2) is 11.5 Å². The van der Waals surface area contributed by atoms with E-state index in [0.717, 1.165) is 16.8 Å². The van der Waals surface area contributed by atoms with Crippen LogP contribution in [0.25, 0.3) is 11.3 Å². The topological polar surface area (TPSA) is 102 Å². The van der Waals surface area contributed by atoms with Crippen molar-refractivity contribution in [3.63, 3.8) is 0 Å². The third-order valence-corrected chi connectivity index (χ3v) is 7.70. The second-order valence-electron chi connectivity index (χ2n) is 7.06. The molecule has 1 N–H and O–H groups in total. The zero-order valence-electron chi connectivity index (χ0n) is 18.2. The van der Waals surface area contributed by atoms with Crippen LogP contribution in [0.15, 0.2) is 57.8 Å². The van der Waals surface area contributed by atoms with E-state index in [0.29, 0.717) is 42.9 Å². The minimum absolute atomic E-state index is 0.265. The highest BCUT2D eigenvalue weighted by molar-refractivity contribution is 7.89. The second-order valence-corrected chi connectivity index (χ2v) is 9.86. The second kappa shape index (κ2) is 10.3. The summed E-state index contributed by atoms with van der Waals surface area (Å²) in [4.78, 5) is 4.79. The van der Waals surface area contributed by atoms with Crippen LogP contribution in [0.2, 0.25) is 0 Å². The molecule has 1 fully saturated rings. The van der Waals surface area contributed by atoms with E-state index < -0.39 is 10.0 Å². The summed E-state index contributed by atoms with van der Waals surface area (Å²) in [7, 11) is -0.347. The van der Waals surface area contributed by atoms with Gasteiger partial charge >= 0.3 is 0 Å². The Morgan fingerprint density at radius 2 is 1.82 bits per heavy atom. The summed E-state index contributed by atoms with van der Waals surface area (Å²) in [6, 6.07) is 12.3. The number of hydrogen-bond acceptors (Lipinski definition) is 9. The molecule has 0 radical (unpaired) electrons. The molecule has 174 valence electrons. The van der Waals surface area contributed by atoms with E-state index in [1.165, 1.54) is 15.6 Å². The summed E-state index contributed by atoms with van der Waals surface area (Å²) in [5.41, 5.74) is 5.32. The van der Waals surface area contributed by atoms with Crippen LogP contribution in [-0.2, 0) is 14.8 Å². The average molecular weight is 489 g/mol. The van der Waals surface area contributed by atoms with Crippen LogP contribution in [0.4, 0.5) is 5.13 Å². The van der Waals surface area contributed by atoms with Gasteiger partial charge in [0.1, 0.15) is 0 Å². The number of aromatic nitrogens is 1. The molecular formula is C22H24N4O5S2. The number of methoxy groups -OCH3 is 2. The number of ether oxygens (including phenoxy) is 3. The first-order valence-electron chi connectivity index (χ1n) is 10.2. The first-order chi connectivity index (χ1) is 16.0. The van der Waals surface area contributed by atoms with Gasteiger partial charge in [0, 0.05) is 24.0 Å². The minimum Gasteiger partial charge on any atom is -0.493 e. The predicted molar refractivity (Wildman–Crippen MR) is 128 cm³/mol. The van der Waals surface area contributed by atoms with Crippen molar-refractivity contribution < 1.29 is 22.6 Å². The monoisotopic (exact) mass is 488 g/mol. The highest BCUT2D eigenvalue weighted by Crippen LogP contribution is 2.28. The number of hydrazone groups is 1. The molecule has 0 saturated carbocycles. The van der Waals surface area contributed by atoms with E-state index in [2.05, 4.69) is 15.5 Å². The van der Waals surface area contributed by atoms with Crippen molar-refractivity contribution in [3.05, 3.63) is 53.4 Å². The zero-order valence-corrected chi connectivity index (χ0v) is 19.9. The Kier molecular flexibility index (Phi) is 7.23. The van der Waals surface area contributed by atoms with E-state index in [-0.39, 0.29) is 4.90 Å². The molecule has 33 heavy (non-hydrogen) atoms. The Hall–Kier alpha value is -2.99. The van der Waals surface area contributed by atoms with Crippen molar-refractivity contribution in [2.24, 2.45) is 5.10 Å². The van der Waals surface area contributed by atoms with Gasteiger partial charge in [-0.2, -0.15) is 9.41 Å². The smallest absolute Gasteiger partial charge is 0.243 e. The molecule has 9 nitrogen and oxygen atoms in total. The molecule has 0 unspecified atom stereocenters. The Bertz CT molecular complexity index is 1220. The van der Waals surface area contributed by atoms with Gasteiger partial charge in [0.2, 0.25) is 15.2 Å². The Morgan fingerprint density at radius 3 is 2.52 bits per heavy atom. The molecule has 1 aliphatic heterocycles. The zero-order chi connectivity index (χ0) is 23.3. The molecular weight excluding hydrogens is 464 g/mol. The Balaban J connectivity index is 1.41. The molecule has 11 heteroatoms. The molecule has 0 spiro atoms. The normalized spacial score (nSPS) is 15.0. The third kappa shape index (κ3) is 5.33. The molecule has 3 aromatic rings. The summed E-state index contributed by atoms with van der Waals surface area (Å²) >= 11 is 1.40. The number of sulfonamides is 1. The molecule has 0 aliphatic carbocycles. The van der Waals surface area contributed by atoms with Crippen molar-refractivity contribution in [2.75, 3.05) is 45.9 Å². The standard InChI is InChI=1S/C22H24N4O5S2/c1-29-20-8-3-16(13-21(20)30-2)14-23-25-22-24-19(15-32-22)17-4-6-18(7-5-17)33(27,28)26-9-11-31-12-10-26/h3-8,13-15H,9-12H2,1-2H3,(H,24,25). The minimum atomic E-state index is -3.52. The molecule has 4 rings (SSSR count). The fraction of sp³-hybridized carbons (Fsp3) is 0.273. The van der Waals surface area contributed by atoms with Gasteiger partial charge < -0.3 is 14.2 Å². The maximum atomic E-state index is 12.8. The first kappa shape index (κ1) is 23.2. The van der Waals surface area contributed by atoms with Crippen LogP contribution in [0.1, 0.15) is 5.56 Å². The number of nitrogens with one attached hydrogen (secondary N) is 1. The van der Waals surface area contributed by atoms with Gasteiger partial charge in [-0.3, -0.25) is 5.43 Å². The van der Waals surface area contributed by atoms with Crippen molar-refractivity contribution >= 4 is 32.7 Å². The highest BCUT2D eigenvalue weighted by Gasteiger charge is 2.26. The Morgan fingerprint density at radius 1 is 1.09 bits per heavy atom. The molecule has 0 amide bonds. The number of rotatable bonds is 8. The third-order valence-electron chi connectivity index (χ3n) is 5.04.